The zero-order chi connectivity index (χ0) is 14.2. The Morgan fingerprint density at radius 3 is 2.80 bits per heavy atom. The molecule has 0 bridgehead atoms. The van der Waals surface area contributed by atoms with Gasteiger partial charge in [0, 0.05) is 5.56 Å². The summed E-state index contributed by atoms with van der Waals surface area (Å²) >= 11 is 0. The quantitative estimate of drug-likeness (QED) is 0.871. The van der Waals surface area contributed by atoms with Crippen molar-refractivity contribution in [3.8, 4) is 11.4 Å². The Morgan fingerprint density at radius 1 is 1.40 bits per heavy atom. The van der Waals surface area contributed by atoms with E-state index in [0.717, 1.165) is 18.5 Å². The number of rotatable bonds is 4. The van der Waals surface area contributed by atoms with Gasteiger partial charge >= 0.3 is 0 Å². The molecular formula is C14H18FN5. The summed E-state index contributed by atoms with van der Waals surface area (Å²) in [5.74, 6) is 0.230. The van der Waals surface area contributed by atoms with Gasteiger partial charge in [-0.25, -0.2) is 9.07 Å². The average Bonchev–Trinajstić information content (AvgIpc) is 2.85. The van der Waals surface area contributed by atoms with Gasteiger partial charge in [-0.05, 0) is 53.3 Å². The van der Waals surface area contributed by atoms with Crippen LogP contribution in [0.5, 0.6) is 0 Å². The molecule has 0 amide bonds. The molecule has 0 atom stereocenters. The number of tetrazole rings is 1. The van der Waals surface area contributed by atoms with Crippen molar-refractivity contribution in [3.63, 3.8) is 0 Å². The maximum absolute atomic E-state index is 13.2. The first-order chi connectivity index (χ1) is 9.63. The molecule has 1 aliphatic carbocycles. The molecule has 2 N–H and O–H groups in total. The van der Waals surface area contributed by atoms with E-state index in [1.54, 1.807) is 12.1 Å². The van der Waals surface area contributed by atoms with Crippen LogP contribution in [0.3, 0.4) is 0 Å². The van der Waals surface area contributed by atoms with Crippen LogP contribution in [0.1, 0.15) is 32.6 Å². The first kappa shape index (κ1) is 13.0. The zero-order valence-corrected chi connectivity index (χ0v) is 11.5. The minimum Gasteiger partial charge on any atom is -0.396 e. The highest BCUT2D eigenvalue weighted by Crippen LogP contribution is 2.45. The van der Waals surface area contributed by atoms with Crippen molar-refractivity contribution in [2.45, 2.75) is 39.2 Å². The lowest BCUT2D eigenvalue weighted by Gasteiger charge is -2.41. The van der Waals surface area contributed by atoms with E-state index in [4.69, 9.17) is 5.73 Å². The van der Waals surface area contributed by atoms with Crippen LogP contribution in [0.15, 0.2) is 18.2 Å². The molecule has 1 heterocycles. The fourth-order valence-electron chi connectivity index (χ4n) is 2.82. The second-order valence-corrected chi connectivity index (χ2v) is 5.60. The van der Waals surface area contributed by atoms with E-state index in [1.807, 2.05) is 4.68 Å². The third-order valence-electron chi connectivity index (χ3n) is 4.44. The topological polar surface area (TPSA) is 69.6 Å². The minimum absolute atomic E-state index is 0.117. The number of benzene rings is 1. The van der Waals surface area contributed by atoms with Gasteiger partial charge in [-0.3, -0.25) is 0 Å². The molecular weight excluding hydrogens is 257 g/mol. The van der Waals surface area contributed by atoms with Crippen molar-refractivity contribution < 1.29 is 4.39 Å². The van der Waals surface area contributed by atoms with E-state index < -0.39 is 5.82 Å². The van der Waals surface area contributed by atoms with Gasteiger partial charge in [0.15, 0.2) is 5.82 Å². The lowest BCUT2D eigenvalue weighted by atomic mass is 9.67. The summed E-state index contributed by atoms with van der Waals surface area (Å²) < 4.78 is 15.1. The third-order valence-corrected chi connectivity index (χ3v) is 4.44. The normalized spacial score (nSPS) is 16.9. The molecule has 0 unspecified atom stereocenters. The Labute approximate surface area is 117 Å². The van der Waals surface area contributed by atoms with E-state index in [0.29, 0.717) is 11.2 Å². The van der Waals surface area contributed by atoms with Crippen molar-refractivity contribution in [3.05, 3.63) is 24.0 Å². The Morgan fingerprint density at radius 2 is 2.20 bits per heavy atom. The molecule has 0 saturated heterocycles. The molecule has 0 aliphatic heterocycles. The molecule has 20 heavy (non-hydrogen) atoms. The Balaban J connectivity index is 1.91. The maximum atomic E-state index is 13.2. The van der Waals surface area contributed by atoms with E-state index >= 15 is 0 Å². The zero-order valence-electron chi connectivity index (χ0n) is 11.5. The second kappa shape index (κ2) is 4.85. The van der Waals surface area contributed by atoms with E-state index in [1.165, 1.54) is 25.3 Å². The third kappa shape index (κ3) is 2.15. The molecule has 1 saturated carbocycles. The number of anilines is 1. The monoisotopic (exact) mass is 275 g/mol. The van der Waals surface area contributed by atoms with Crippen molar-refractivity contribution >= 4 is 5.69 Å². The summed E-state index contributed by atoms with van der Waals surface area (Å²) in [6, 6.07) is 4.59. The van der Waals surface area contributed by atoms with Crippen LogP contribution in [0, 0.1) is 11.2 Å². The van der Waals surface area contributed by atoms with E-state index in [-0.39, 0.29) is 5.69 Å². The van der Waals surface area contributed by atoms with Gasteiger partial charge in [-0.2, -0.15) is 0 Å². The van der Waals surface area contributed by atoms with Gasteiger partial charge in [0.1, 0.15) is 5.82 Å². The molecule has 6 heteroatoms. The summed E-state index contributed by atoms with van der Waals surface area (Å²) in [5, 5.41) is 11.9. The number of nitrogen functional groups attached to an aromatic ring is 1. The standard InChI is InChI=1S/C14H18FN5/c1-2-14(6-3-7-14)9-20-13(17-18-19-20)10-4-5-11(15)12(16)8-10/h4-5,8H,2-3,6-7,9,16H2,1H3. The fourth-order valence-corrected chi connectivity index (χ4v) is 2.82. The first-order valence-corrected chi connectivity index (χ1v) is 6.95. The van der Waals surface area contributed by atoms with E-state index in [9.17, 15) is 4.39 Å². The van der Waals surface area contributed by atoms with Gasteiger partial charge in [0.05, 0.1) is 12.2 Å². The van der Waals surface area contributed by atoms with Gasteiger partial charge in [0.25, 0.3) is 0 Å². The van der Waals surface area contributed by atoms with Crippen molar-refractivity contribution in [1.29, 1.82) is 0 Å². The summed E-state index contributed by atoms with van der Waals surface area (Å²) in [4.78, 5) is 0. The summed E-state index contributed by atoms with van der Waals surface area (Å²) in [7, 11) is 0. The van der Waals surface area contributed by atoms with Crippen LogP contribution in [-0.2, 0) is 6.54 Å². The number of hydrogen-bond donors (Lipinski definition) is 1. The van der Waals surface area contributed by atoms with Gasteiger partial charge in [-0.1, -0.05) is 13.3 Å². The van der Waals surface area contributed by atoms with Crippen LogP contribution in [0.2, 0.25) is 0 Å². The largest absolute Gasteiger partial charge is 0.396 e. The van der Waals surface area contributed by atoms with Gasteiger partial charge < -0.3 is 5.73 Å². The number of halogens is 1. The van der Waals surface area contributed by atoms with Crippen LogP contribution in [-0.4, -0.2) is 20.2 Å². The molecule has 1 aromatic carbocycles. The highest BCUT2D eigenvalue weighted by molar-refractivity contribution is 5.61. The molecule has 2 aromatic rings. The fraction of sp³-hybridized carbons (Fsp3) is 0.500. The lowest BCUT2D eigenvalue weighted by molar-refractivity contribution is 0.0948. The Bertz CT molecular complexity index is 612. The van der Waals surface area contributed by atoms with Crippen molar-refractivity contribution in [2.24, 2.45) is 5.41 Å². The highest BCUT2D eigenvalue weighted by Gasteiger charge is 2.36. The molecule has 0 spiro atoms. The predicted molar refractivity (Wildman–Crippen MR) is 74.2 cm³/mol. The van der Waals surface area contributed by atoms with Crippen LogP contribution in [0.4, 0.5) is 10.1 Å². The molecule has 1 aliphatic rings. The number of nitrogens with zero attached hydrogens (tertiary/aromatic N) is 4. The number of nitrogens with two attached hydrogens (primary N) is 1. The summed E-state index contributed by atoms with van der Waals surface area (Å²) in [6.07, 6.45) is 4.83. The second-order valence-electron chi connectivity index (χ2n) is 5.60. The van der Waals surface area contributed by atoms with Gasteiger partial charge in [0.2, 0.25) is 0 Å². The summed E-state index contributed by atoms with van der Waals surface area (Å²) in [6.45, 7) is 3.02. The maximum Gasteiger partial charge on any atom is 0.182 e. The smallest absolute Gasteiger partial charge is 0.182 e. The first-order valence-electron chi connectivity index (χ1n) is 6.95. The average molecular weight is 275 g/mol. The predicted octanol–water partition coefficient (Wildman–Crippen LogP) is 2.64. The SMILES string of the molecule is CCC1(Cn2nnnc2-c2ccc(F)c(N)c2)CCC1. The van der Waals surface area contributed by atoms with Crippen LogP contribution in [0.25, 0.3) is 11.4 Å². The minimum atomic E-state index is -0.420. The Kier molecular flexibility index (Phi) is 3.16. The number of hydrogen-bond acceptors (Lipinski definition) is 4. The van der Waals surface area contributed by atoms with Gasteiger partial charge in [-0.15, -0.1) is 5.10 Å². The van der Waals surface area contributed by atoms with Crippen molar-refractivity contribution in [1.82, 2.24) is 20.2 Å². The Hall–Kier alpha value is -1.98. The lowest BCUT2D eigenvalue weighted by Crippen LogP contribution is -2.34. The number of aromatic nitrogens is 4. The highest BCUT2D eigenvalue weighted by atomic mass is 19.1. The van der Waals surface area contributed by atoms with Crippen LogP contribution >= 0.6 is 0 Å². The van der Waals surface area contributed by atoms with Crippen LogP contribution < -0.4 is 5.73 Å². The molecule has 3 rings (SSSR count). The molecule has 5 nitrogen and oxygen atoms in total. The molecule has 0 radical (unpaired) electrons. The molecule has 1 aromatic heterocycles. The summed E-state index contributed by atoms with van der Waals surface area (Å²) in [5.41, 5.74) is 6.80. The molecule has 106 valence electrons. The van der Waals surface area contributed by atoms with E-state index in [2.05, 4.69) is 22.4 Å². The molecule has 1 fully saturated rings. The van der Waals surface area contributed by atoms with Crippen molar-refractivity contribution in [2.75, 3.05) is 5.73 Å².